The fraction of sp³-hybridized carbons (Fsp3) is 0.500. The third-order valence-electron chi connectivity index (χ3n) is 2.21. The molecule has 17 heavy (non-hydrogen) atoms. The second kappa shape index (κ2) is 5.03. The minimum atomic E-state index is -0.434. The molecule has 0 fully saturated rings. The van der Waals surface area contributed by atoms with Gasteiger partial charge in [-0.25, -0.2) is 0 Å². The van der Waals surface area contributed by atoms with Gasteiger partial charge in [0.1, 0.15) is 5.75 Å². The number of anilines is 1. The summed E-state index contributed by atoms with van der Waals surface area (Å²) in [5.74, 6) is 0.489. The zero-order valence-corrected chi connectivity index (χ0v) is 10.6. The van der Waals surface area contributed by atoms with Gasteiger partial charge in [0.05, 0.1) is 23.8 Å². The van der Waals surface area contributed by atoms with E-state index < -0.39 is 4.92 Å². The van der Waals surface area contributed by atoms with Crippen LogP contribution < -0.4 is 10.1 Å². The topological polar surface area (TPSA) is 64.4 Å². The molecule has 0 atom stereocenters. The fourth-order valence-corrected chi connectivity index (χ4v) is 1.30. The monoisotopic (exact) mass is 238 g/mol. The first-order chi connectivity index (χ1) is 7.83. The van der Waals surface area contributed by atoms with Crippen molar-refractivity contribution in [1.82, 2.24) is 0 Å². The third kappa shape index (κ3) is 3.94. The number of benzene rings is 1. The van der Waals surface area contributed by atoms with E-state index >= 15 is 0 Å². The van der Waals surface area contributed by atoms with Crippen LogP contribution in [0.2, 0.25) is 0 Å². The number of rotatable bonds is 4. The molecule has 5 nitrogen and oxygen atoms in total. The third-order valence-corrected chi connectivity index (χ3v) is 2.21. The number of methoxy groups -OCH3 is 1. The van der Waals surface area contributed by atoms with E-state index in [1.54, 1.807) is 6.07 Å². The number of nitro groups is 1. The van der Waals surface area contributed by atoms with E-state index in [0.29, 0.717) is 5.75 Å². The van der Waals surface area contributed by atoms with Gasteiger partial charge in [-0.2, -0.15) is 0 Å². The smallest absolute Gasteiger partial charge is 0.273 e. The number of hydrogen-bond donors (Lipinski definition) is 1. The molecule has 0 radical (unpaired) electrons. The van der Waals surface area contributed by atoms with E-state index in [9.17, 15) is 10.1 Å². The van der Waals surface area contributed by atoms with Crippen molar-refractivity contribution < 1.29 is 9.66 Å². The minimum absolute atomic E-state index is 0.0307. The first kappa shape index (κ1) is 13.3. The molecule has 1 aromatic carbocycles. The zero-order valence-electron chi connectivity index (χ0n) is 10.6. The summed E-state index contributed by atoms with van der Waals surface area (Å²) in [6, 6.07) is 4.56. The van der Waals surface area contributed by atoms with Gasteiger partial charge in [-0.3, -0.25) is 10.1 Å². The molecule has 0 aromatic heterocycles. The first-order valence-electron chi connectivity index (χ1n) is 5.40. The maximum Gasteiger partial charge on any atom is 0.273 e. The molecule has 1 rings (SSSR count). The van der Waals surface area contributed by atoms with Crippen LogP contribution >= 0.6 is 0 Å². The minimum Gasteiger partial charge on any atom is -0.494 e. The van der Waals surface area contributed by atoms with Crippen molar-refractivity contribution in [2.45, 2.75) is 20.8 Å². The lowest BCUT2D eigenvalue weighted by Gasteiger charge is -2.20. The van der Waals surface area contributed by atoms with Crippen LogP contribution in [0.1, 0.15) is 20.8 Å². The number of nitrogens with one attached hydrogen (secondary N) is 1. The van der Waals surface area contributed by atoms with Gasteiger partial charge in [0.2, 0.25) is 0 Å². The highest BCUT2D eigenvalue weighted by Crippen LogP contribution is 2.29. The van der Waals surface area contributed by atoms with Crippen molar-refractivity contribution in [3.05, 3.63) is 28.3 Å². The molecule has 0 spiro atoms. The summed E-state index contributed by atoms with van der Waals surface area (Å²) in [5.41, 5.74) is 0.934. The Morgan fingerprint density at radius 2 is 2.06 bits per heavy atom. The normalized spacial score (nSPS) is 11.1. The largest absolute Gasteiger partial charge is 0.494 e. The van der Waals surface area contributed by atoms with Gasteiger partial charge in [-0.1, -0.05) is 20.8 Å². The summed E-state index contributed by atoms with van der Waals surface area (Å²) in [4.78, 5) is 10.2. The second-order valence-corrected chi connectivity index (χ2v) is 5.06. The summed E-state index contributed by atoms with van der Waals surface area (Å²) in [5, 5.41) is 13.8. The standard InChI is InChI=1S/C12H18N2O3/c1-12(2,3)8-13-10-6-5-9(14(15)16)7-11(10)17-4/h5-7,13H,8H2,1-4H3. The molecule has 0 aliphatic carbocycles. The summed E-state index contributed by atoms with van der Waals surface area (Å²) >= 11 is 0. The number of nitro benzene ring substituents is 1. The van der Waals surface area contributed by atoms with Crippen molar-refractivity contribution in [3.63, 3.8) is 0 Å². The quantitative estimate of drug-likeness (QED) is 0.646. The predicted octanol–water partition coefficient (Wildman–Crippen LogP) is 3.06. The fourth-order valence-electron chi connectivity index (χ4n) is 1.30. The van der Waals surface area contributed by atoms with Crippen LogP contribution in [0.3, 0.4) is 0 Å². The molecule has 5 heteroatoms. The Morgan fingerprint density at radius 3 is 2.53 bits per heavy atom. The van der Waals surface area contributed by atoms with Crippen LogP contribution in [0.15, 0.2) is 18.2 Å². The Bertz CT molecular complexity index is 411. The Hall–Kier alpha value is -1.78. The van der Waals surface area contributed by atoms with Gasteiger partial charge in [0.25, 0.3) is 5.69 Å². The molecule has 0 aliphatic rings. The Balaban J connectivity index is 2.89. The van der Waals surface area contributed by atoms with Gasteiger partial charge in [-0.05, 0) is 11.5 Å². The van der Waals surface area contributed by atoms with Gasteiger partial charge in [0.15, 0.2) is 0 Å². The number of nitrogens with zero attached hydrogens (tertiary/aromatic N) is 1. The number of hydrogen-bond acceptors (Lipinski definition) is 4. The Kier molecular flexibility index (Phi) is 3.93. The van der Waals surface area contributed by atoms with Crippen molar-refractivity contribution >= 4 is 11.4 Å². The van der Waals surface area contributed by atoms with Gasteiger partial charge < -0.3 is 10.1 Å². The lowest BCUT2D eigenvalue weighted by molar-refractivity contribution is -0.384. The maximum atomic E-state index is 10.6. The Labute approximate surface area is 101 Å². The summed E-state index contributed by atoms with van der Waals surface area (Å²) in [7, 11) is 1.50. The van der Waals surface area contributed by atoms with Gasteiger partial charge in [0, 0.05) is 12.6 Å². The van der Waals surface area contributed by atoms with Crippen LogP contribution in [0.4, 0.5) is 11.4 Å². The molecular weight excluding hydrogens is 220 g/mol. The molecule has 0 unspecified atom stereocenters. The summed E-state index contributed by atoms with van der Waals surface area (Å²) in [6.07, 6.45) is 0. The summed E-state index contributed by atoms with van der Waals surface area (Å²) in [6.45, 7) is 7.09. The lowest BCUT2D eigenvalue weighted by atomic mass is 9.97. The van der Waals surface area contributed by atoms with E-state index in [1.807, 2.05) is 0 Å². The highest BCUT2D eigenvalue weighted by Gasteiger charge is 2.14. The van der Waals surface area contributed by atoms with Crippen molar-refractivity contribution in [2.75, 3.05) is 19.0 Å². The number of ether oxygens (including phenoxy) is 1. The van der Waals surface area contributed by atoms with Crippen molar-refractivity contribution in [2.24, 2.45) is 5.41 Å². The van der Waals surface area contributed by atoms with Gasteiger partial charge in [-0.15, -0.1) is 0 Å². The van der Waals surface area contributed by atoms with E-state index in [1.165, 1.54) is 19.2 Å². The average Bonchev–Trinajstić information content (AvgIpc) is 2.24. The molecule has 0 bridgehead atoms. The van der Waals surface area contributed by atoms with Gasteiger partial charge >= 0.3 is 0 Å². The average molecular weight is 238 g/mol. The van der Waals surface area contributed by atoms with E-state index in [4.69, 9.17) is 4.74 Å². The van der Waals surface area contributed by atoms with E-state index in [2.05, 4.69) is 26.1 Å². The molecular formula is C12H18N2O3. The highest BCUT2D eigenvalue weighted by atomic mass is 16.6. The molecule has 94 valence electrons. The van der Waals surface area contributed by atoms with E-state index in [0.717, 1.165) is 12.2 Å². The van der Waals surface area contributed by atoms with Crippen LogP contribution in [0.25, 0.3) is 0 Å². The van der Waals surface area contributed by atoms with E-state index in [-0.39, 0.29) is 11.1 Å². The molecule has 1 aromatic rings. The van der Waals surface area contributed by atoms with Crippen molar-refractivity contribution in [1.29, 1.82) is 0 Å². The SMILES string of the molecule is COc1cc([N+](=O)[O-])ccc1NCC(C)(C)C. The van der Waals surface area contributed by atoms with Crippen LogP contribution in [-0.2, 0) is 0 Å². The molecule has 0 saturated heterocycles. The van der Waals surface area contributed by atoms with Crippen LogP contribution in [0.5, 0.6) is 5.75 Å². The van der Waals surface area contributed by atoms with Crippen molar-refractivity contribution in [3.8, 4) is 5.75 Å². The molecule has 0 aliphatic heterocycles. The molecule has 1 N–H and O–H groups in total. The van der Waals surface area contributed by atoms with Crippen LogP contribution in [0, 0.1) is 15.5 Å². The zero-order chi connectivity index (χ0) is 13.1. The second-order valence-electron chi connectivity index (χ2n) is 5.06. The molecule has 0 heterocycles. The molecule has 0 saturated carbocycles. The highest BCUT2D eigenvalue weighted by molar-refractivity contribution is 5.60. The van der Waals surface area contributed by atoms with Crippen LogP contribution in [-0.4, -0.2) is 18.6 Å². The molecule has 0 amide bonds. The summed E-state index contributed by atoms with van der Waals surface area (Å²) < 4.78 is 5.13. The Morgan fingerprint density at radius 1 is 1.41 bits per heavy atom. The lowest BCUT2D eigenvalue weighted by Crippen LogP contribution is -2.19. The number of non-ortho nitro benzene ring substituents is 1. The maximum absolute atomic E-state index is 10.6. The predicted molar refractivity (Wildman–Crippen MR) is 67.6 cm³/mol. The first-order valence-corrected chi connectivity index (χ1v) is 5.40.